The summed E-state index contributed by atoms with van der Waals surface area (Å²) in [5.74, 6) is -1.00. The molecule has 0 spiro atoms. The Morgan fingerprint density at radius 3 is 2.67 bits per heavy atom. The zero-order valence-electron chi connectivity index (χ0n) is 8.46. The Hall–Kier alpha value is -2.04. The third kappa shape index (κ3) is 1.52. The molecule has 78 valence electrons. The van der Waals surface area contributed by atoms with Crippen LogP contribution in [0, 0.1) is 13.8 Å². The number of carboxylic acid groups (broad SMARTS) is 1. The number of H-pyrrole nitrogens is 2. The van der Waals surface area contributed by atoms with E-state index in [2.05, 4.69) is 15.2 Å². The summed E-state index contributed by atoms with van der Waals surface area (Å²) in [5.41, 5.74) is 3.75. The fourth-order valence-corrected chi connectivity index (χ4v) is 1.61. The molecule has 2 heterocycles. The van der Waals surface area contributed by atoms with Crippen LogP contribution in [0.3, 0.4) is 0 Å². The Morgan fingerprint density at radius 1 is 1.47 bits per heavy atom. The second-order valence-electron chi connectivity index (χ2n) is 3.44. The highest BCUT2D eigenvalue weighted by Crippen LogP contribution is 2.25. The maximum Gasteiger partial charge on any atom is 0.353 e. The van der Waals surface area contributed by atoms with Crippen LogP contribution in [0.25, 0.3) is 11.3 Å². The van der Waals surface area contributed by atoms with Crippen LogP contribution in [-0.4, -0.2) is 26.3 Å². The smallest absolute Gasteiger partial charge is 0.353 e. The first-order chi connectivity index (χ1) is 7.09. The van der Waals surface area contributed by atoms with Gasteiger partial charge in [0.2, 0.25) is 0 Å². The summed E-state index contributed by atoms with van der Waals surface area (Å²) in [6.07, 6.45) is 1.87. The van der Waals surface area contributed by atoms with Crippen LogP contribution in [-0.2, 0) is 0 Å². The number of aryl methyl sites for hydroxylation is 2. The largest absolute Gasteiger partial charge is 0.477 e. The van der Waals surface area contributed by atoms with Crippen LogP contribution in [0.2, 0.25) is 0 Å². The predicted octanol–water partition coefficient (Wildman–Crippen LogP) is 1.72. The van der Waals surface area contributed by atoms with E-state index in [-0.39, 0.29) is 5.69 Å². The molecule has 0 saturated carbocycles. The van der Waals surface area contributed by atoms with E-state index in [1.54, 1.807) is 0 Å². The molecule has 0 aliphatic heterocycles. The third-order valence-electron chi connectivity index (χ3n) is 2.34. The van der Waals surface area contributed by atoms with Gasteiger partial charge in [0.05, 0.1) is 5.69 Å². The van der Waals surface area contributed by atoms with E-state index < -0.39 is 5.97 Å². The van der Waals surface area contributed by atoms with Crippen LogP contribution in [0.4, 0.5) is 0 Å². The Balaban J connectivity index is 2.50. The van der Waals surface area contributed by atoms with Crippen molar-refractivity contribution >= 4 is 5.97 Å². The predicted molar refractivity (Wildman–Crippen MR) is 54.8 cm³/mol. The molecule has 0 aromatic carbocycles. The van der Waals surface area contributed by atoms with E-state index in [1.807, 2.05) is 20.0 Å². The molecule has 5 heteroatoms. The van der Waals surface area contributed by atoms with Crippen molar-refractivity contribution in [3.63, 3.8) is 0 Å². The maximum atomic E-state index is 10.7. The molecule has 0 aliphatic rings. The number of aromatic amines is 2. The van der Waals surface area contributed by atoms with Gasteiger partial charge in [-0.1, -0.05) is 0 Å². The summed E-state index contributed by atoms with van der Waals surface area (Å²) < 4.78 is 0. The van der Waals surface area contributed by atoms with Gasteiger partial charge >= 0.3 is 5.97 Å². The van der Waals surface area contributed by atoms with Gasteiger partial charge in [0, 0.05) is 17.5 Å². The molecule has 0 unspecified atom stereocenters. The van der Waals surface area contributed by atoms with Crippen LogP contribution in [0.15, 0.2) is 12.3 Å². The van der Waals surface area contributed by atoms with Gasteiger partial charge in [-0.2, -0.15) is 5.10 Å². The molecule has 15 heavy (non-hydrogen) atoms. The molecule has 2 aromatic rings. The lowest BCUT2D eigenvalue weighted by atomic mass is 10.1. The molecule has 3 N–H and O–H groups in total. The summed E-state index contributed by atoms with van der Waals surface area (Å²) in [4.78, 5) is 13.7. The summed E-state index contributed by atoms with van der Waals surface area (Å²) in [5, 5.41) is 15.2. The van der Waals surface area contributed by atoms with Crippen molar-refractivity contribution < 1.29 is 9.90 Å². The number of aromatic nitrogens is 3. The van der Waals surface area contributed by atoms with Crippen molar-refractivity contribution in [2.45, 2.75) is 13.8 Å². The van der Waals surface area contributed by atoms with Gasteiger partial charge in [0.25, 0.3) is 0 Å². The first kappa shape index (κ1) is 9.51. The van der Waals surface area contributed by atoms with Crippen LogP contribution in [0.1, 0.15) is 21.7 Å². The zero-order chi connectivity index (χ0) is 11.0. The quantitative estimate of drug-likeness (QED) is 0.698. The molecule has 0 fully saturated rings. The first-order valence-corrected chi connectivity index (χ1v) is 4.53. The van der Waals surface area contributed by atoms with E-state index >= 15 is 0 Å². The van der Waals surface area contributed by atoms with Crippen molar-refractivity contribution in [3.8, 4) is 11.3 Å². The average molecular weight is 205 g/mol. The van der Waals surface area contributed by atoms with Gasteiger partial charge in [0.15, 0.2) is 0 Å². The summed E-state index contributed by atoms with van der Waals surface area (Å²) >= 11 is 0. The molecule has 0 atom stereocenters. The molecule has 0 saturated heterocycles. The summed E-state index contributed by atoms with van der Waals surface area (Å²) in [7, 11) is 0. The lowest BCUT2D eigenvalue weighted by Gasteiger charge is -1.95. The fourth-order valence-electron chi connectivity index (χ4n) is 1.61. The van der Waals surface area contributed by atoms with Crippen LogP contribution >= 0.6 is 0 Å². The molecule has 2 rings (SSSR count). The van der Waals surface area contributed by atoms with E-state index in [0.717, 1.165) is 16.8 Å². The average Bonchev–Trinajstić information content (AvgIpc) is 2.73. The van der Waals surface area contributed by atoms with Gasteiger partial charge in [-0.3, -0.25) is 5.10 Å². The SMILES string of the molecule is Cc1c[nH]c(C)c1-c1cc(C(=O)O)[nH]n1. The maximum absolute atomic E-state index is 10.7. The summed E-state index contributed by atoms with van der Waals surface area (Å²) in [6.45, 7) is 3.88. The van der Waals surface area contributed by atoms with Crippen molar-refractivity contribution in [1.82, 2.24) is 15.2 Å². The molecule has 0 radical (unpaired) electrons. The second kappa shape index (κ2) is 3.27. The first-order valence-electron chi connectivity index (χ1n) is 4.53. The number of carboxylic acids is 1. The van der Waals surface area contributed by atoms with E-state index in [1.165, 1.54) is 6.07 Å². The van der Waals surface area contributed by atoms with Gasteiger partial charge in [-0.15, -0.1) is 0 Å². The molecule has 0 amide bonds. The Kier molecular flexibility index (Phi) is 2.07. The molecule has 0 aliphatic carbocycles. The minimum Gasteiger partial charge on any atom is -0.477 e. The Labute approximate surface area is 86.1 Å². The van der Waals surface area contributed by atoms with E-state index in [9.17, 15) is 4.79 Å². The van der Waals surface area contributed by atoms with Gasteiger partial charge in [-0.05, 0) is 25.5 Å². The minimum atomic E-state index is -1.00. The molecular weight excluding hydrogens is 194 g/mol. The van der Waals surface area contributed by atoms with Crippen molar-refractivity contribution in [3.05, 3.63) is 29.2 Å². The van der Waals surface area contributed by atoms with Gasteiger partial charge in [-0.25, -0.2) is 4.79 Å². The topological polar surface area (TPSA) is 81.8 Å². The fraction of sp³-hybridized carbons (Fsp3) is 0.200. The third-order valence-corrected chi connectivity index (χ3v) is 2.34. The number of hydrogen-bond acceptors (Lipinski definition) is 2. The Bertz CT molecular complexity index is 491. The highest BCUT2D eigenvalue weighted by molar-refractivity contribution is 5.87. The van der Waals surface area contributed by atoms with Gasteiger partial charge in [0.1, 0.15) is 5.69 Å². The number of carbonyl (C=O) groups is 1. The summed E-state index contributed by atoms with van der Waals surface area (Å²) in [6, 6.07) is 1.53. The van der Waals surface area contributed by atoms with Crippen molar-refractivity contribution in [2.24, 2.45) is 0 Å². The highest BCUT2D eigenvalue weighted by Gasteiger charge is 2.13. The van der Waals surface area contributed by atoms with E-state index in [4.69, 9.17) is 5.11 Å². The monoisotopic (exact) mass is 205 g/mol. The lowest BCUT2D eigenvalue weighted by molar-refractivity contribution is 0.0690. The van der Waals surface area contributed by atoms with Crippen LogP contribution < -0.4 is 0 Å². The lowest BCUT2D eigenvalue weighted by Crippen LogP contribution is -1.95. The molecule has 2 aromatic heterocycles. The number of aromatic carboxylic acids is 1. The van der Waals surface area contributed by atoms with Crippen molar-refractivity contribution in [1.29, 1.82) is 0 Å². The van der Waals surface area contributed by atoms with E-state index in [0.29, 0.717) is 5.69 Å². The molecule has 0 bridgehead atoms. The van der Waals surface area contributed by atoms with Gasteiger partial charge < -0.3 is 10.1 Å². The number of nitrogens with one attached hydrogen (secondary N) is 2. The number of nitrogens with zero attached hydrogens (tertiary/aromatic N) is 1. The number of rotatable bonds is 2. The molecule has 5 nitrogen and oxygen atoms in total. The zero-order valence-corrected chi connectivity index (χ0v) is 8.46. The number of hydrogen-bond donors (Lipinski definition) is 3. The normalized spacial score (nSPS) is 10.5. The molecular formula is C10H11N3O2. The van der Waals surface area contributed by atoms with Crippen molar-refractivity contribution in [2.75, 3.05) is 0 Å². The second-order valence-corrected chi connectivity index (χ2v) is 3.44. The highest BCUT2D eigenvalue weighted by atomic mass is 16.4. The minimum absolute atomic E-state index is 0.102. The Morgan fingerprint density at radius 2 is 2.20 bits per heavy atom. The standard InChI is InChI=1S/C10H11N3O2/c1-5-4-11-6(2)9(5)7-3-8(10(14)15)13-12-7/h3-4,11H,1-2H3,(H,12,13)(H,14,15). The van der Waals surface area contributed by atoms with Crippen LogP contribution in [0.5, 0.6) is 0 Å².